The maximum atomic E-state index is 11.1. The van der Waals surface area contributed by atoms with Gasteiger partial charge in [0.25, 0.3) is 5.91 Å². The third kappa shape index (κ3) is 4.14. The van der Waals surface area contributed by atoms with E-state index in [-0.39, 0.29) is 12.2 Å². The summed E-state index contributed by atoms with van der Waals surface area (Å²) in [5.74, 6) is -0.118. The standard InChI is InChI=1S/C14H15N3O3/c1-3-4-11-7-10(8-12(20-2)14(11)19)9-16-17-13(18)5-6-15/h3,7-9,19H,1,4-5H2,2H3,(H,17,18)/b16-9+. The summed E-state index contributed by atoms with van der Waals surface area (Å²) in [5.41, 5.74) is 3.51. The molecular formula is C14H15N3O3. The summed E-state index contributed by atoms with van der Waals surface area (Å²) in [7, 11) is 1.45. The van der Waals surface area contributed by atoms with E-state index in [1.165, 1.54) is 13.3 Å². The molecule has 0 saturated heterocycles. The number of aromatic hydroxyl groups is 1. The van der Waals surface area contributed by atoms with Gasteiger partial charge in [0.1, 0.15) is 6.42 Å². The van der Waals surface area contributed by atoms with E-state index in [1.807, 2.05) is 0 Å². The van der Waals surface area contributed by atoms with E-state index >= 15 is 0 Å². The highest BCUT2D eigenvalue weighted by Gasteiger charge is 2.08. The first-order valence-electron chi connectivity index (χ1n) is 5.82. The minimum Gasteiger partial charge on any atom is -0.504 e. The van der Waals surface area contributed by atoms with Gasteiger partial charge >= 0.3 is 0 Å². The van der Waals surface area contributed by atoms with Crippen LogP contribution in [0.2, 0.25) is 0 Å². The summed E-state index contributed by atoms with van der Waals surface area (Å²) < 4.78 is 5.06. The summed E-state index contributed by atoms with van der Waals surface area (Å²) in [6.45, 7) is 3.61. The lowest BCUT2D eigenvalue weighted by molar-refractivity contribution is -0.120. The van der Waals surface area contributed by atoms with Crippen molar-refractivity contribution in [1.29, 1.82) is 5.26 Å². The van der Waals surface area contributed by atoms with Crippen LogP contribution in [0.3, 0.4) is 0 Å². The molecule has 104 valence electrons. The van der Waals surface area contributed by atoms with E-state index in [4.69, 9.17) is 10.00 Å². The number of hydrogen-bond donors (Lipinski definition) is 2. The van der Waals surface area contributed by atoms with Crippen molar-refractivity contribution in [3.8, 4) is 17.6 Å². The molecule has 2 N–H and O–H groups in total. The van der Waals surface area contributed by atoms with E-state index in [0.29, 0.717) is 23.3 Å². The number of hydrogen-bond acceptors (Lipinski definition) is 5. The van der Waals surface area contributed by atoms with Crippen molar-refractivity contribution >= 4 is 12.1 Å². The Bertz CT molecular complexity index is 574. The van der Waals surface area contributed by atoms with E-state index in [0.717, 1.165) is 0 Å². The second kappa shape index (κ2) is 7.59. The topological polar surface area (TPSA) is 94.7 Å². The zero-order valence-electron chi connectivity index (χ0n) is 11.1. The predicted molar refractivity (Wildman–Crippen MR) is 74.5 cm³/mol. The number of carbonyl (C=O) groups is 1. The molecular weight excluding hydrogens is 258 g/mol. The van der Waals surface area contributed by atoms with E-state index in [2.05, 4.69) is 17.1 Å². The lowest BCUT2D eigenvalue weighted by atomic mass is 10.1. The van der Waals surface area contributed by atoms with Gasteiger partial charge in [-0.15, -0.1) is 6.58 Å². The highest BCUT2D eigenvalue weighted by molar-refractivity contribution is 5.84. The fourth-order valence-corrected chi connectivity index (χ4v) is 1.52. The Morgan fingerprint density at radius 2 is 2.40 bits per heavy atom. The van der Waals surface area contributed by atoms with Gasteiger partial charge in [0, 0.05) is 5.56 Å². The molecule has 0 fully saturated rings. The summed E-state index contributed by atoms with van der Waals surface area (Å²) in [6.07, 6.45) is 3.29. The maximum Gasteiger partial charge on any atom is 0.254 e. The number of phenols is 1. The van der Waals surface area contributed by atoms with Crippen molar-refractivity contribution in [2.75, 3.05) is 7.11 Å². The number of phenolic OH excluding ortho intramolecular Hbond substituents is 1. The van der Waals surface area contributed by atoms with Crippen LogP contribution in [0, 0.1) is 11.3 Å². The Morgan fingerprint density at radius 1 is 1.65 bits per heavy atom. The van der Waals surface area contributed by atoms with Gasteiger partial charge < -0.3 is 9.84 Å². The highest BCUT2D eigenvalue weighted by atomic mass is 16.5. The van der Waals surface area contributed by atoms with Crippen molar-refractivity contribution in [2.24, 2.45) is 5.10 Å². The number of nitrogens with one attached hydrogen (secondary N) is 1. The quantitative estimate of drug-likeness (QED) is 0.466. The van der Waals surface area contributed by atoms with Crippen LogP contribution in [0.25, 0.3) is 0 Å². The number of nitrogens with zero attached hydrogens (tertiary/aromatic N) is 2. The summed E-state index contributed by atoms with van der Waals surface area (Å²) in [5, 5.41) is 22.0. The van der Waals surface area contributed by atoms with Crippen LogP contribution in [0.15, 0.2) is 29.9 Å². The first-order valence-corrected chi connectivity index (χ1v) is 5.82. The van der Waals surface area contributed by atoms with Gasteiger partial charge in [-0.25, -0.2) is 5.43 Å². The number of benzene rings is 1. The summed E-state index contributed by atoms with van der Waals surface area (Å²) in [6, 6.07) is 5.01. The molecule has 0 aliphatic rings. The molecule has 0 heterocycles. The Morgan fingerprint density at radius 3 is 3.00 bits per heavy atom. The molecule has 0 saturated carbocycles. The number of ether oxygens (including phenoxy) is 1. The Kier molecular flexibility index (Phi) is 5.78. The van der Waals surface area contributed by atoms with E-state index in [1.54, 1.807) is 24.3 Å². The smallest absolute Gasteiger partial charge is 0.254 e. The first kappa shape index (κ1) is 15.2. The number of allylic oxidation sites excluding steroid dienone is 1. The largest absolute Gasteiger partial charge is 0.504 e. The Labute approximate surface area is 117 Å². The van der Waals surface area contributed by atoms with Gasteiger partial charge in [-0.3, -0.25) is 4.79 Å². The number of nitriles is 1. The van der Waals surface area contributed by atoms with Gasteiger partial charge in [-0.05, 0) is 24.1 Å². The molecule has 6 heteroatoms. The van der Waals surface area contributed by atoms with Gasteiger partial charge in [0.2, 0.25) is 0 Å². The minimum atomic E-state index is -0.485. The van der Waals surface area contributed by atoms with E-state index < -0.39 is 5.91 Å². The minimum absolute atomic E-state index is 0.0538. The molecule has 1 amide bonds. The van der Waals surface area contributed by atoms with Crippen molar-refractivity contribution in [3.63, 3.8) is 0 Å². The SMILES string of the molecule is C=CCc1cc(/C=N/NC(=O)CC#N)cc(OC)c1O. The fourth-order valence-electron chi connectivity index (χ4n) is 1.52. The molecule has 0 radical (unpaired) electrons. The van der Waals surface area contributed by atoms with Crippen molar-refractivity contribution in [3.05, 3.63) is 35.9 Å². The molecule has 0 atom stereocenters. The molecule has 20 heavy (non-hydrogen) atoms. The third-order valence-corrected chi connectivity index (χ3v) is 2.40. The van der Waals surface area contributed by atoms with Gasteiger partial charge in [0.05, 0.1) is 19.4 Å². The summed E-state index contributed by atoms with van der Waals surface area (Å²) >= 11 is 0. The molecule has 0 aromatic heterocycles. The fraction of sp³-hybridized carbons (Fsp3) is 0.214. The van der Waals surface area contributed by atoms with Crippen LogP contribution in [-0.2, 0) is 11.2 Å². The zero-order chi connectivity index (χ0) is 15.0. The van der Waals surface area contributed by atoms with Gasteiger partial charge in [-0.2, -0.15) is 10.4 Å². The van der Waals surface area contributed by atoms with Crippen molar-refractivity contribution in [1.82, 2.24) is 5.43 Å². The molecule has 1 aromatic carbocycles. The molecule has 1 rings (SSSR count). The Balaban J connectivity index is 2.92. The van der Waals surface area contributed by atoms with Gasteiger partial charge in [0.15, 0.2) is 11.5 Å². The Hall–Kier alpha value is -2.81. The number of hydrazone groups is 1. The van der Waals surface area contributed by atoms with Crippen molar-refractivity contribution in [2.45, 2.75) is 12.8 Å². The molecule has 0 unspecified atom stereocenters. The van der Waals surface area contributed by atoms with Gasteiger partial charge in [-0.1, -0.05) is 6.08 Å². The molecule has 0 aliphatic carbocycles. The monoisotopic (exact) mass is 273 g/mol. The average Bonchev–Trinajstić information content (AvgIpc) is 2.42. The van der Waals surface area contributed by atoms with Crippen molar-refractivity contribution < 1.29 is 14.6 Å². The van der Waals surface area contributed by atoms with Crippen LogP contribution < -0.4 is 10.2 Å². The van der Waals surface area contributed by atoms with Crippen LogP contribution in [-0.4, -0.2) is 24.3 Å². The van der Waals surface area contributed by atoms with Crippen LogP contribution >= 0.6 is 0 Å². The van der Waals surface area contributed by atoms with E-state index in [9.17, 15) is 9.90 Å². The van der Waals surface area contributed by atoms with Crippen LogP contribution in [0.5, 0.6) is 11.5 Å². The molecule has 6 nitrogen and oxygen atoms in total. The lowest BCUT2D eigenvalue weighted by Crippen LogP contribution is -2.16. The predicted octanol–water partition coefficient (Wildman–Crippen LogP) is 1.49. The second-order valence-corrected chi connectivity index (χ2v) is 3.85. The first-order chi connectivity index (χ1) is 9.62. The third-order valence-electron chi connectivity index (χ3n) is 2.40. The van der Waals surface area contributed by atoms with Crippen LogP contribution in [0.1, 0.15) is 17.5 Å². The molecule has 0 aliphatic heterocycles. The number of rotatable bonds is 6. The number of amides is 1. The molecule has 1 aromatic rings. The second-order valence-electron chi connectivity index (χ2n) is 3.85. The zero-order valence-corrected chi connectivity index (χ0v) is 11.1. The molecule has 0 spiro atoms. The average molecular weight is 273 g/mol. The maximum absolute atomic E-state index is 11.1. The molecule has 0 bridgehead atoms. The normalized spacial score (nSPS) is 10.0. The number of methoxy groups -OCH3 is 1. The highest BCUT2D eigenvalue weighted by Crippen LogP contribution is 2.31. The van der Waals surface area contributed by atoms with Crippen LogP contribution in [0.4, 0.5) is 0 Å². The number of carbonyl (C=O) groups excluding carboxylic acids is 1. The lowest BCUT2D eigenvalue weighted by Gasteiger charge is -2.09. The summed E-state index contributed by atoms with van der Waals surface area (Å²) in [4.78, 5) is 11.1.